The van der Waals surface area contributed by atoms with Crippen LogP contribution in [-0.2, 0) is 14.8 Å². The maximum atomic E-state index is 12.8. The number of hydrogen-bond acceptors (Lipinski definition) is 4. The van der Waals surface area contributed by atoms with Crippen LogP contribution >= 0.6 is 11.6 Å². The smallest absolute Gasteiger partial charge is 0.308 e. The van der Waals surface area contributed by atoms with E-state index in [2.05, 4.69) is 0 Å². The summed E-state index contributed by atoms with van der Waals surface area (Å²) >= 11 is 5.92. The van der Waals surface area contributed by atoms with Crippen molar-refractivity contribution in [2.45, 2.75) is 30.7 Å². The van der Waals surface area contributed by atoms with Gasteiger partial charge in [-0.05, 0) is 32.4 Å². The second-order valence-corrected chi connectivity index (χ2v) is 7.98. The van der Waals surface area contributed by atoms with Gasteiger partial charge in [-0.15, -0.1) is 0 Å². The maximum absolute atomic E-state index is 12.8. The van der Waals surface area contributed by atoms with E-state index in [0.29, 0.717) is 5.02 Å². The van der Waals surface area contributed by atoms with E-state index in [0.717, 1.165) is 0 Å². The summed E-state index contributed by atoms with van der Waals surface area (Å²) in [6.45, 7) is 3.42. The van der Waals surface area contributed by atoms with Crippen LogP contribution in [0, 0.1) is 5.92 Å². The second-order valence-electron chi connectivity index (χ2n) is 5.71. The third-order valence-corrected chi connectivity index (χ3v) is 6.52. The van der Waals surface area contributed by atoms with Gasteiger partial charge in [-0.1, -0.05) is 11.6 Å². The van der Waals surface area contributed by atoms with Gasteiger partial charge >= 0.3 is 5.97 Å². The fourth-order valence-electron chi connectivity index (χ4n) is 2.84. The Hall–Kier alpha value is -1.31. The van der Waals surface area contributed by atoms with Gasteiger partial charge in [0.1, 0.15) is 5.75 Å². The van der Waals surface area contributed by atoms with Gasteiger partial charge < -0.3 is 9.84 Å². The fourth-order valence-corrected chi connectivity index (χ4v) is 4.88. The number of ether oxygens (including phenoxy) is 1. The molecule has 1 aliphatic heterocycles. The van der Waals surface area contributed by atoms with Crippen LogP contribution in [0.2, 0.25) is 5.02 Å². The van der Waals surface area contributed by atoms with Gasteiger partial charge in [0.15, 0.2) is 0 Å². The molecule has 0 spiro atoms. The van der Waals surface area contributed by atoms with E-state index in [1.165, 1.54) is 29.6 Å². The zero-order chi connectivity index (χ0) is 16.7. The molecule has 0 saturated carbocycles. The van der Waals surface area contributed by atoms with Crippen molar-refractivity contribution in [2.24, 2.45) is 5.92 Å². The molecule has 0 aliphatic carbocycles. The zero-order valence-corrected chi connectivity index (χ0v) is 14.1. The SMILES string of the molecule is COc1cc(S(=O)(=O)N2CCC(C(=O)O)C2(C)C)ccc1Cl. The summed E-state index contributed by atoms with van der Waals surface area (Å²) in [7, 11) is -2.43. The quantitative estimate of drug-likeness (QED) is 0.902. The highest BCUT2D eigenvalue weighted by molar-refractivity contribution is 7.89. The van der Waals surface area contributed by atoms with Crippen molar-refractivity contribution < 1.29 is 23.1 Å². The van der Waals surface area contributed by atoms with Crippen LogP contribution in [-0.4, -0.2) is 43.0 Å². The number of benzene rings is 1. The van der Waals surface area contributed by atoms with Crippen LogP contribution in [0.5, 0.6) is 5.75 Å². The van der Waals surface area contributed by atoms with Crippen molar-refractivity contribution in [1.82, 2.24) is 4.31 Å². The standard InChI is InChI=1S/C14H18ClNO5S/c1-14(2)10(13(17)18)6-7-16(14)22(19,20)9-4-5-11(15)12(8-9)21-3/h4-5,8,10H,6-7H2,1-3H3,(H,17,18). The zero-order valence-electron chi connectivity index (χ0n) is 12.5. The number of carboxylic acid groups (broad SMARTS) is 1. The van der Waals surface area contributed by atoms with E-state index in [1.54, 1.807) is 13.8 Å². The molecule has 1 unspecified atom stereocenters. The Morgan fingerprint density at radius 2 is 2.09 bits per heavy atom. The second kappa shape index (κ2) is 5.72. The normalized spacial score (nSPS) is 21.7. The van der Waals surface area contributed by atoms with Gasteiger partial charge in [-0.2, -0.15) is 4.31 Å². The molecular weight excluding hydrogens is 330 g/mol. The molecule has 1 aliphatic rings. The summed E-state index contributed by atoms with van der Waals surface area (Å²) in [5, 5.41) is 9.57. The van der Waals surface area contributed by atoms with E-state index in [9.17, 15) is 18.3 Å². The van der Waals surface area contributed by atoms with Crippen LogP contribution in [0.1, 0.15) is 20.3 Å². The molecule has 0 aromatic heterocycles. The number of rotatable bonds is 4. The first-order chi connectivity index (χ1) is 10.1. The van der Waals surface area contributed by atoms with Gasteiger partial charge in [0.2, 0.25) is 10.0 Å². The summed E-state index contributed by atoms with van der Waals surface area (Å²) in [5.74, 6) is -1.47. The van der Waals surface area contributed by atoms with Crippen molar-refractivity contribution in [1.29, 1.82) is 0 Å². The highest BCUT2D eigenvalue weighted by Crippen LogP contribution is 2.39. The monoisotopic (exact) mass is 347 g/mol. The average Bonchev–Trinajstić information content (AvgIpc) is 2.75. The third kappa shape index (κ3) is 2.68. The van der Waals surface area contributed by atoms with Gasteiger partial charge in [-0.3, -0.25) is 4.79 Å². The molecule has 0 radical (unpaired) electrons. The molecule has 8 heteroatoms. The summed E-state index contributed by atoms with van der Waals surface area (Å²) in [6, 6.07) is 4.19. The summed E-state index contributed by atoms with van der Waals surface area (Å²) < 4.78 is 31.9. The lowest BCUT2D eigenvalue weighted by molar-refractivity contribution is -0.143. The lowest BCUT2D eigenvalue weighted by Gasteiger charge is -2.33. The number of carbonyl (C=O) groups is 1. The Morgan fingerprint density at radius 3 is 2.59 bits per heavy atom. The number of aliphatic carboxylic acids is 1. The molecule has 6 nitrogen and oxygen atoms in total. The van der Waals surface area contributed by atoms with Crippen molar-refractivity contribution in [2.75, 3.05) is 13.7 Å². The molecule has 1 heterocycles. The molecular formula is C14H18ClNO5S. The highest BCUT2D eigenvalue weighted by atomic mass is 35.5. The topological polar surface area (TPSA) is 83.9 Å². The first-order valence-corrected chi connectivity index (χ1v) is 8.53. The highest BCUT2D eigenvalue weighted by Gasteiger charge is 2.50. The Balaban J connectivity index is 2.45. The number of nitrogens with zero attached hydrogens (tertiary/aromatic N) is 1. The summed E-state index contributed by atoms with van der Waals surface area (Å²) in [4.78, 5) is 11.3. The minimum atomic E-state index is -3.83. The molecule has 1 aromatic rings. The number of carboxylic acids is 1. The van der Waals surface area contributed by atoms with E-state index in [-0.39, 0.29) is 23.6 Å². The Bertz CT molecular complexity index is 701. The summed E-state index contributed by atoms with van der Waals surface area (Å²) in [6.07, 6.45) is 0.284. The molecule has 1 fully saturated rings. The van der Waals surface area contributed by atoms with Gasteiger partial charge in [0.25, 0.3) is 0 Å². The van der Waals surface area contributed by atoms with Crippen LogP contribution in [0.3, 0.4) is 0 Å². The third-order valence-electron chi connectivity index (χ3n) is 4.13. The van der Waals surface area contributed by atoms with Crippen molar-refractivity contribution in [3.8, 4) is 5.75 Å². The fraction of sp³-hybridized carbons (Fsp3) is 0.500. The minimum absolute atomic E-state index is 0.0351. The summed E-state index contributed by atoms with van der Waals surface area (Å²) in [5.41, 5.74) is -1.00. The molecule has 1 N–H and O–H groups in total. The van der Waals surface area contributed by atoms with Crippen molar-refractivity contribution in [3.05, 3.63) is 23.2 Å². The molecule has 1 atom stereocenters. The van der Waals surface area contributed by atoms with Crippen molar-refractivity contribution in [3.63, 3.8) is 0 Å². The lowest BCUT2D eigenvalue weighted by atomic mass is 9.89. The molecule has 2 rings (SSSR count). The van der Waals surface area contributed by atoms with Crippen LogP contribution < -0.4 is 4.74 Å². The molecule has 1 saturated heterocycles. The van der Waals surface area contributed by atoms with Crippen molar-refractivity contribution >= 4 is 27.6 Å². The van der Waals surface area contributed by atoms with Crippen LogP contribution in [0.4, 0.5) is 0 Å². The number of halogens is 1. The lowest BCUT2D eigenvalue weighted by Crippen LogP contribution is -2.47. The maximum Gasteiger partial charge on any atom is 0.308 e. The van der Waals surface area contributed by atoms with Gasteiger partial charge in [0.05, 0.1) is 22.9 Å². The predicted octanol–water partition coefficient (Wildman–Crippen LogP) is 2.22. The average molecular weight is 348 g/mol. The number of sulfonamides is 1. The first-order valence-electron chi connectivity index (χ1n) is 6.71. The Kier molecular flexibility index (Phi) is 4.43. The molecule has 22 heavy (non-hydrogen) atoms. The molecule has 122 valence electrons. The predicted molar refractivity (Wildman–Crippen MR) is 81.7 cm³/mol. The number of hydrogen-bond donors (Lipinski definition) is 1. The Labute approximate surface area is 134 Å². The Morgan fingerprint density at radius 1 is 1.45 bits per heavy atom. The largest absolute Gasteiger partial charge is 0.495 e. The number of methoxy groups -OCH3 is 1. The van der Waals surface area contributed by atoms with Crippen LogP contribution in [0.15, 0.2) is 23.1 Å². The first kappa shape index (κ1) is 17.1. The molecule has 0 bridgehead atoms. The van der Waals surface area contributed by atoms with E-state index < -0.39 is 27.4 Å². The minimum Gasteiger partial charge on any atom is -0.495 e. The molecule has 1 aromatic carbocycles. The van der Waals surface area contributed by atoms with Gasteiger partial charge in [-0.25, -0.2) is 8.42 Å². The molecule has 0 amide bonds. The van der Waals surface area contributed by atoms with E-state index in [4.69, 9.17) is 16.3 Å². The van der Waals surface area contributed by atoms with Gasteiger partial charge in [0, 0.05) is 18.2 Å². The van der Waals surface area contributed by atoms with Crippen LogP contribution in [0.25, 0.3) is 0 Å². The van der Waals surface area contributed by atoms with E-state index in [1.807, 2.05) is 0 Å². The van der Waals surface area contributed by atoms with E-state index >= 15 is 0 Å².